The zero-order chi connectivity index (χ0) is 16.7. The maximum atomic E-state index is 5.07. The van der Waals surface area contributed by atoms with Gasteiger partial charge in [-0.05, 0) is 39.7 Å². The number of nitrogens with zero attached hydrogens (tertiary/aromatic N) is 3. The summed E-state index contributed by atoms with van der Waals surface area (Å²) >= 11 is 0. The Bertz CT molecular complexity index is 643. The predicted molar refractivity (Wildman–Crippen MR) is 91.5 cm³/mol. The summed E-state index contributed by atoms with van der Waals surface area (Å²) in [6.07, 6.45) is 0.951. The fraction of sp³-hybridized carbons (Fsp3) is 0.471. The molecule has 0 saturated heterocycles. The van der Waals surface area contributed by atoms with Gasteiger partial charge in [-0.15, -0.1) is 0 Å². The summed E-state index contributed by atoms with van der Waals surface area (Å²) in [6, 6.07) is 6.63. The second kappa shape index (κ2) is 8.31. The van der Waals surface area contributed by atoms with Crippen LogP contribution in [0.3, 0.4) is 0 Å². The first kappa shape index (κ1) is 17.0. The third-order valence-electron chi connectivity index (χ3n) is 3.27. The van der Waals surface area contributed by atoms with Crippen molar-refractivity contribution in [2.75, 3.05) is 13.1 Å². The summed E-state index contributed by atoms with van der Waals surface area (Å²) in [5.74, 6) is 1.91. The molecule has 0 fully saturated rings. The van der Waals surface area contributed by atoms with E-state index in [0.717, 1.165) is 25.5 Å². The summed E-state index contributed by atoms with van der Waals surface area (Å²) in [4.78, 5) is 8.61. The van der Waals surface area contributed by atoms with Gasteiger partial charge in [0.15, 0.2) is 11.8 Å². The van der Waals surface area contributed by atoms with Crippen molar-refractivity contribution in [1.82, 2.24) is 20.8 Å². The zero-order valence-electron chi connectivity index (χ0n) is 14.3. The van der Waals surface area contributed by atoms with Gasteiger partial charge < -0.3 is 15.2 Å². The van der Waals surface area contributed by atoms with E-state index in [1.807, 2.05) is 6.92 Å². The van der Waals surface area contributed by atoms with Crippen molar-refractivity contribution >= 4 is 5.96 Å². The van der Waals surface area contributed by atoms with E-state index < -0.39 is 0 Å². The average Bonchev–Trinajstić information content (AvgIpc) is 2.89. The lowest BCUT2D eigenvalue weighted by atomic mass is 10.1. The minimum absolute atomic E-state index is 0.375. The Morgan fingerprint density at radius 2 is 1.87 bits per heavy atom. The van der Waals surface area contributed by atoms with Crippen LogP contribution in [0.1, 0.15) is 35.3 Å². The molecule has 124 valence electrons. The highest BCUT2D eigenvalue weighted by molar-refractivity contribution is 5.79. The molecule has 2 N–H and O–H groups in total. The summed E-state index contributed by atoms with van der Waals surface area (Å²) in [5.41, 5.74) is 3.93. The first-order valence-corrected chi connectivity index (χ1v) is 7.95. The van der Waals surface area contributed by atoms with Gasteiger partial charge in [0, 0.05) is 13.1 Å². The molecule has 0 spiro atoms. The Kier molecular flexibility index (Phi) is 6.14. The van der Waals surface area contributed by atoms with Crippen LogP contribution in [0.4, 0.5) is 0 Å². The molecule has 6 nitrogen and oxygen atoms in total. The van der Waals surface area contributed by atoms with Gasteiger partial charge in [0.05, 0.1) is 0 Å². The lowest BCUT2D eigenvalue weighted by Gasteiger charge is -2.11. The number of benzene rings is 1. The highest BCUT2D eigenvalue weighted by atomic mass is 16.5. The summed E-state index contributed by atoms with van der Waals surface area (Å²) in [6.45, 7) is 10.1. The quantitative estimate of drug-likeness (QED) is 0.632. The topological polar surface area (TPSA) is 75.3 Å². The van der Waals surface area contributed by atoms with Crippen LogP contribution in [0.5, 0.6) is 0 Å². The normalized spacial score (nSPS) is 11.6. The Labute approximate surface area is 137 Å². The molecule has 0 bridgehead atoms. The molecule has 1 heterocycles. The molecule has 0 saturated carbocycles. The van der Waals surface area contributed by atoms with Crippen LogP contribution in [0, 0.1) is 20.8 Å². The fourth-order valence-electron chi connectivity index (χ4n) is 2.43. The highest BCUT2D eigenvalue weighted by Crippen LogP contribution is 2.09. The lowest BCUT2D eigenvalue weighted by Crippen LogP contribution is -2.38. The summed E-state index contributed by atoms with van der Waals surface area (Å²) < 4.78 is 5.07. The van der Waals surface area contributed by atoms with Crippen LogP contribution in [0.15, 0.2) is 27.7 Å². The number of aryl methyl sites for hydroxylation is 3. The van der Waals surface area contributed by atoms with E-state index in [4.69, 9.17) is 4.52 Å². The van der Waals surface area contributed by atoms with Crippen molar-refractivity contribution in [3.05, 3.63) is 46.6 Å². The van der Waals surface area contributed by atoms with Crippen molar-refractivity contribution in [1.29, 1.82) is 0 Å². The number of rotatable bonds is 6. The molecular formula is C17H25N5O. The largest absolute Gasteiger partial charge is 0.357 e. The van der Waals surface area contributed by atoms with Gasteiger partial charge in [-0.2, -0.15) is 4.98 Å². The smallest absolute Gasteiger partial charge is 0.248 e. The molecule has 0 aliphatic carbocycles. The van der Waals surface area contributed by atoms with Crippen molar-refractivity contribution < 1.29 is 4.52 Å². The molecule has 0 amide bonds. The van der Waals surface area contributed by atoms with Crippen molar-refractivity contribution in [3.63, 3.8) is 0 Å². The van der Waals surface area contributed by atoms with Gasteiger partial charge in [-0.1, -0.05) is 34.5 Å². The van der Waals surface area contributed by atoms with E-state index in [2.05, 4.69) is 57.8 Å². The van der Waals surface area contributed by atoms with Crippen LogP contribution in [0.25, 0.3) is 0 Å². The number of guanidine groups is 1. The maximum absolute atomic E-state index is 5.07. The van der Waals surface area contributed by atoms with Crippen LogP contribution >= 0.6 is 0 Å². The van der Waals surface area contributed by atoms with Crippen molar-refractivity contribution in [3.8, 4) is 0 Å². The number of aliphatic imine (C=N–C) groups is 1. The first-order valence-electron chi connectivity index (χ1n) is 7.95. The number of hydrogen-bond acceptors (Lipinski definition) is 4. The van der Waals surface area contributed by atoms with Gasteiger partial charge in [0.1, 0.15) is 6.54 Å². The molecule has 0 radical (unpaired) electrons. The van der Waals surface area contributed by atoms with Gasteiger partial charge in [-0.3, -0.25) is 0 Å². The van der Waals surface area contributed by atoms with E-state index in [-0.39, 0.29) is 0 Å². The Morgan fingerprint density at radius 3 is 2.48 bits per heavy atom. The van der Waals surface area contributed by atoms with Crippen LogP contribution in [0.2, 0.25) is 0 Å². The number of nitrogens with one attached hydrogen (secondary N) is 2. The molecule has 23 heavy (non-hydrogen) atoms. The van der Waals surface area contributed by atoms with Crippen molar-refractivity contribution in [2.45, 2.75) is 40.7 Å². The predicted octanol–water partition coefficient (Wildman–Crippen LogP) is 2.29. The Hall–Kier alpha value is -2.37. The minimum atomic E-state index is 0.375. The number of aromatic nitrogens is 2. The third kappa shape index (κ3) is 5.73. The van der Waals surface area contributed by atoms with Gasteiger partial charge in [-0.25, -0.2) is 4.99 Å². The molecule has 0 atom stereocenters. The summed E-state index contributed by atoms with van der Waals surface area (Å²) in [5, 5.41) is 10.3. The monoisotopic (exact) mass is 315 g/mol. The number of hydrogen-bond donors (Lipinski definition) is 2. The van der Waals surface area contributed by atoms with Crippen LogP contribution in [-0.4, -0.2) is 29.2 Å². The van der Waals surface area contributed by atoms with Gasteiger partial charge in [0.25, 0.3) is 0 Å². The standard InChI is InChI=1S/C17H25N5O/c1-5-18-17(20-11-16-21-14(4)22-23-16)19-7-6-15-9-12(2)8-13(3)10-15/h8-10H,5-7,11H2,1-4H3,(H2,18,19,20). The highest BCUT2D eigenvalue weighted by Gasteiger charge is 2.03. The van der Waals surface area contributed by atoms with Gasteiger partial charge >= 0.3 is 0 Å². The molecule has 6 heteroatoms. The van der Waals surface area contributed by atoms with E-state index in [1.54, 1.807) is 6.92 Å². The van der Waals surface area contributed by atoms with Gasteiger partial charge in [0.2, 0.25) is 5.89 Å². The van der Waals surface area contributed by atoms with E-state index in [9.17, 15) is 0 Å². The lowest BCUT2D eigenvalue weighted by molar-refractivity contribution is 0.376. The molecule has 0 unspecified atom stereocenters. The van der Waals surface area contributed by atoms with Crippen molar-refractivity contribution in [2.24, 2.45) is 4.99 Å². The van der Waals surface area contributed by atoms with Crippen LogP contribution < -0.4 is 10.6 Å². The SMILES string of the molecule is CCNC(=NCc1nc(C)no1)NCCc1cc(C)cc(C)c1. The summed E-state index contributed by atoms with van der Waals surface area (Å²) in [7, 11) is 0. The Balaban J connectivity index is 1.88. The minimum Gasteiger partial charge on any atom is -0.357 e. The van der Waals surface area contributed by atoms with E-state index in [0.29, 0.717) is 18.3 Å². The molecule has 0 aliphatic rings. The fourth-order valence-corrected chi connectivity index (χ4v) is 2.43. The molecule has 1 aromatic carbocycles. The zero-order valence-corrected chi connectivity index (χ0v) is 14.3. The van der Waals surface area contributed by atoms with E-state index in [1.165, 1.54) is 16.7 Å². The molecule has 2 rings (SSSR count). The Morgan fingerprint density at radius 1 is 1.13 bits per heavy atom. The van der Waals surface area contributed by atoms with E-state index >= 15 is 0 Å². The average molecular weight is 315 g/mol. The second-order valence-electron chi connectivity index (χ2n) is 5.60. The second-order valence-corrected chi connectivity index (χ2v) is 5.60. The first-order chi connectivity index (χ1) is 11.1. The van der Waals surface area contributed by atoms with Crippen LogP contribution in [-0.2, 0) is 13.0 Å². The maximum Gasteiger partial charge on any atom is 0.248 e. The molecule has 0 aliphatic heterocycles. The third-order valence-corrected chi connectivity index (χ3v) is 3.27. The molecule has 1 aromatic heterocycles. The molecular weight excluding hydrogens is 290 g/mol. The molecule has 2 aromatic rings.